The van der Waals surface area contributed by atoms with Crippen molar-refractivity contribution in [2.24, 2.45) is 0 Å². The van der Waals surface area contributed by atoms with Crippen LogP contribution in [0.15, 0.2) is 0 Å². The van der Waals surface area contributed by atoms with Gasteiger partial charge in [0.2, 0.25) is 0 Å². The Balaban J connectivity index is 1.85. The number of hydrogen-bond acceptors (Lipinski definition) is 4. The first-order valence-electron chi connectivity index (χ1n) is 7.70. The van der Waals surface area contributed by atoms with E-state index in [1.165, 1.54) is 0 Å². The molecule has 0 saturated heterocycles. The maximum atomic E-state index is 12.3. The van der Waals surface area contributed by atoms with Crippen molar-refractivity contribution in [1.82, 2.24) is 20.0 Å². The summed E-state index contributed by atoms with van der Waals surface area (Å²) in [5.41, 5.74) is 2.61. The Morgan fingerprint density at radius 2 is 2.14 bits per heavy atom. The van der Waals surface area contributed by atoms with Gasteiger partial charge in [0.1, 0.15) is 16.3 Å². The Bertz CT molecular complexity index is 618. The van der Waals surface area contributed by atoms with Gasteiger partial charge in [-0.05, 0) is 27.2 Å². The second kappa shape index (κ2) is 5.53. The van der Waals surface area contributed by atoms with Crippen LogP contribution in [0.2, 0.25) is 0 Å². The maximum Gasteiger partial charge on any atom is 0.410 e. The van der Waals surface area contributed by atoms with Crippen LogP contribution in [0.5, 0.6) is 0 Å². The summed E-state index contributed by atoms with van der Waals surface area (Å²) in [6.45, 7) is 8.52. The fourth-order valence-electron chi connectivity index (χ4n) is 2.84. The molecule has 2 aliphatic heterocycles. The monoisotopic (exact) mass is 322 g/mol. The minimum Gasteiger partial charge on any atom is -0.444 e. The van der Waals surface area contributed by atoms with E-state index in [2.05, 4.69) is 10.4 Å². The van der Waals surface area contributed by atoms with Gasteiger partial charge in [-0.3, -0.25) is 4.68 Å². The number of rotatable bonds is 0. The number of thiocarbonyl (C=S) groups is 1. The van der Waals surface area contributed by atoms with Crippen LogP contribution < -0.4 is 5.32 Å². The number of fused-ring (bicyclic) bond motifs is 3. The van der Waals surface area contributed by atoms with Crippen molar-refractivity contribution in [3.63, 3.8) is 0 Å². The third kappa shape index (κ3) is 2.95. The Morgan fingerprint density at radius 3 is 2.86 bits per heavy atom. The van der Waals surface area contributed by atoms with Crippen LogP contribution in [-0.2, 0) is 24.2 Å². The molecule has 0 atom stereocenters. The summed E-state index contributed by atoms with van der Waals surface area (Å²) in [5, 5.41) is 7.94. The fraction of sp³-hybridized carbons (Fsp3) is 0.667. The van der Waals surface area contributed by atoms with Gasteiger partial charge in [0.05, 0.1) is 12.2 Å². The van der Waals surface area contributed by atoms with Crippen LogP contribution in [0.1, 0.15) is 44.1 Å². The van der Waals surface area contributed by atoms with Crippen LogP contribution in [0, 0.1) is 0 Å². The Morgan fingerprint density at radius 1 is 1.36 bits per heavy atom. The first-order chi connectivity index (χ1) is 10.3. The summed E-state index contributed by atoms with van der Waals surface area (Å²) < 4.78 is 7.47. The fourth-order valence-corrected chi connectivity index (χ4v) is 3.17. The molecule has 120 valence electrons. The summed E-state index contributed by atoms with van der Waals surface area (Å²) in [7, 11) is 0. The molecule has 3 heterocycles. The van der Waals surface area contributed by atoms with Crippen LogP contribution in [0.4, 0.5) is 4.79 Å². The van der Waals surface area contributed by atoms with Crippen LogP contribution in [-0.4, -0.2) is 44.5 Å². The van der Waals surface area contributed by atoms with Crippen molar-refractivity contribution in [2.75, 3.05) is 13.1 Å². The van der Waals surface area contributed by atoms with Crippen molar-refractivity contribution < 1.29 is 9.53 Å². The highest BCUT2D eigenvalue weighted by molar-refractivity contribution is 7.80. The average Bonchev–Trinajstić information content (AvgIpc) is 2.68. The lowest BCUT2D eigenvalue weighted by molar-refractivity contribution is 0.0223. The number of carbonyl (C=O) groups is 1. The molecule has 0 aromatic carbocycles. The van der Waals surface area contributed by atoms with E-state index in [9.17, 15) is 4.79 Å². The summed E-state index contributed by atoms with van der Waals surface area (Å²) in [6.07, 6.45) is 1.48. The van der Waals surface area contributed by atoms with Gasteiger partial charge in [0.15, 0.2) is 0 Å². The zero-order chi connectivity index (χ0) is 15.9. The zero-order valence-corrected chi connectivity index (χ0v) is 14.1. The van der Waals surface area contributed by atoms with E-state index >= 15 is 0 Å². The number of nitrogens with zero attached hydrogens (tertiary/aromatic N) is 3. The maximum absolute atomic E-state index is 12.3. The molecule has 7 heteroatoms. The van der Waals surface area contributed by atoms with E-state index < -0.39 is 5.60 Å². The number of hydrogen-bond donors (Lipinski definition) is 1. The molecule has 0 spiro atoms. The van der Waals surface area contributed by atoms with Gasteiger partial charge in [-0.25, -0.2) is 4.79 Å². The van der Waals surface area contributed by atoms with E-state index in [1.54, 1.807) is 4.90 Å². The predicted octanol–water partition coefficient (Wildman–Crippen LogP) is 1.85. The SMILES string of the molecule is CC(C)(C)OC(=O)N1CCc2nn3c(c2C1)C(=S)NCCC3. The quantitative estimate of drug-likeness (QED) is 0.739. The Hall–Kier alpha value is -1.63. The molecule has 1 amide bonds. The van der Waals surface area contributed by atoms with Crippen LogP contribution in [0.3, 0.4) is 0 Å². The molecular weight excluding hydrogens is 300 g/mol. The lowest BCUT2D eigenvalue weighted by atomic mass is 10.1. The number of nitrogens with one attached hydrogen (secondary N) is 1. The van der Waals surface area contributed by atoms with Gasteiger partial charge in [0.25, 0.3) is 0 Å². The molecule has 22 heavy (non-hydrogen) atoms. The largest absolute Gasteiger partial charge is 0.444 e. The smallest absolute Gasteiger partial charge is 0.410 e. The number of carbonyl (C=O) groups excluding carboxylic acids is 1. The topological polar surface area (TPSA) is 59.4 Å². The van der Waals surface area contributed by atoms with Gasteiger partial charge < -0.3 is 15.0 Å². The number of amides is 1. The molecule has 1 N–H and O–H groups in total. The van der Waals surface area contributed by atoms with Crippen molar-refractivity contribution in [1.29, 1.82) is 0 Å². The first-order valence-corrected chi connectivity index (χ1v) is 8.10. The Labute approximate surface area is 135 Å². The minimum atomic E-state index is -0.482. The summed E-state index contributed by atoms with van der Waals surface area (Å²) >= 11 is 5.47. The van der Waals surface area contributed by atoms with E-state index in [0.717, 1.165) is 47.9 Å². The standard InChI is InChI=1S/C15H22N4O2S/c1-15(2,3)21-14(20)18-8-5-11-10(9-18)12-13(22)16-6-4-7-19(12)17-11/h4-9H2,1-3H3,(H,16,22). The molecule has 0 bridgehead atoms. The van der Waals surface area contributed by atoms with E-state index in [1.807, 2.05) is 25.5 Å². The van der Waals surface area contributed by atoms with E-state index in [-0.39, 0.29) is 6.09 Å². The van der Waals surface area contributed by atoms with Crippen molar-refractivity contribution in [3.05, 3.63) is 17.0 Å². The van der Waals surface area contributed by atoms with Crippen molar-refractivity contribution in [2.45, 2.75) is 52.3 Å². The third-order valence-electron chi connectivity index (χ3n) is 3.80. The van der Waals surface area contributed by atoms with E-state index in [0.29, 0.717) is 13.1 Å². The highest BCUT2D eigenvalue weighted by Crippen LogP contribution is 2.25. The molecule has 1 aromatic rings. The zero-order valence-electron chi connectivity index (χ0n) is 13.3. The second-order valence-corrected chi connectivity index (χ2v) is 7.17. The number of aromatic nitrogens is 2. The predicted molar refractivity (Wildman–Crippen MR) is 86.9 cm³/mol. The highest BCUT2D eigenvalue weighted by Gasteiger charge is 2.31. The molecule has 2 aliphatic rings. The molecule has 0 unspecified atom stereocenters. The van der Waals surface area contributed by atoms with Gasteiger partial charge in [-0.1, -0.05) is 12.2 Å². The molecule has 0 radical (unpaired) electrons. The van der Waals surface area contributed by atoms with Crippen LogP contribution >= 0.6 is 12.2 Å². The highest BCUT2D eigenvalue weighted by atomic mass is 32.1. The lowest BCUT2D eigenvalue weighted by Crippen LogP contribution is -2.40. The van der Waals surface area contributed by atoms with Gasteiger partial charge in [-0.15, -0.1) is 0 Å². The van der Waals surface area contributed by atoms with Crippen molar-refractivity contribution in [3.8, 4) is 0 Å². The van der Waals surface area contributed by atoms with E-state index in [4.69, 9.17) is 17.0 Å². The summed E-state index contributed by atoms with van der Waals surface area (Å²) in [4.78, 5) is 14.8. The normalized spacial score (nSPS) is 18.1. The van der Waals surface area contributed by atoms with Crippen molar-refractivity contribution >= 4 is 23.3 Å². The minimum absolute atomic E-state index is 0.273. The molecule has 0 aliphatic carbocycles. The second-order valence-electron chi connectivity index (χ2n) is 6.76. The van der Waals surface area contributed by atoms with Gasteiger partial charge in [-0.2, -0.15) is 5.10 Å². The summed E-state index contributed by atoms with van der Waals surface area (Å²) in [5.74, 6) is 0. The molecule has 0 fully saturated rings. The van der Waals surface area contributed by atoms with Gasteiger partial charge >= 0.3 is 6.09 Å². The molecule has 1 aromatic heterocycles. The number of aryl methyl sites for hydroxylation is 1. The summed E-state index contributed by atoms with van der Waals surface area (Å²) in [6, 6.07) is 0. The molecule has 0 saturated carbocycles. The van der Waals surface area contributed by atoms with Crippen LogP contribution in [0.25, 0.3) is 0 Å². The first kappa shape index (κ1) is 15.3. The number of ether oxygens (including phenoxy) is 1. The van der Waals surface area contributed by atoms with Gasteiger partial charge in [0, 0.05) is 31.6 Å². The Kier molecular flexibility index (Phi) is 3.84. The lowest BCUT2D eigenvalue weighted by Gasteiger charge is -2.30. The molecule has 6 nitrogen and oxygen atoms in total. The third-order valence-corrected chi connectivity index (χ3v) is 4.14. The average molecular weight is 322 g/mol. The molecule has 3 rings (SSSR count). The molecular formula is C15H22N4O2S.